The smallest absolute Gasteiger partial charge is 0.169 e. The second kappa shape index (κ2) is 5.33. The summed E-state index contributed by atoms with van der Waals surface area (Å²) < 4.78 is 11.2. The Labute approximate surface area is 114 Å². The molecular formula is C16H22O3. The summed E-state index contributed by atoms with van der Waals surface area (Å²) in [6, 6.07) is 8.08. The lowest BCUT2D eigenvalue weighted by Gasteiger charge is -2.34. The van der Waals surface area contributed by atoms with Crippen LogP contribution in [0.4, 0.5) is 0 Å². The molecule has 1 saturated carbocycles. The number of carbonyl (C=O) groups is 1. The Hall–Kier alpha value is -1.35. The van der Waals surface area contributed by atoms with E-state index in [0.717, 1.165) is 5.75 Å². The first-order valence-electron chi connectivity index (χ1n) is 6.83. The fourth-order valence-electron chi connectivity index (χ4n) is 2.16. The zero-order valence-corrected chi connectivity index (χ0v) is 12.1. The third-order valence-corrected chi connectivity index (χ3v) is 3.41. The van der Waals surface area contributed by atoms with Gasteiger partial charge in [0.15, 0.2) is 11.9 Å². The highest BCUT2D eigenvalue weighted by atomic mass is 16.5. The number of ether oxygens (including phenoxy) is 2. The van der Waals surface area contributed by atoms with Crippen LogP contribution in [0, 0.1) is 0 Å². The second-order valence-electron chi connectivity index (χ2n) is 5.98. The van der Waals surface area contributed by atoms with Gasteiger partial charge in [0.05, 0.1) is 0 Å². The molecule has 1 aromatic rings. The molecule has 1 aliphatic rings. The molecule has 104 valence electrons. The van der Waals surface area contributed by atoms with Gasteiger partial charge in [-0.15, -0.1) is 0 Å². The third kappa shape index (κ3) is 3.16. The molecule has 2 unspecified atom stereocenters. The fraction of sp³-hybridized carbons (Fsp3) is 0.562. The summed E-state index contributed by atoms with van der Waals surface area (Å²) in [5, 5.41) is 0. The molecule has 1 aliphatic carbocycles. The zero-order valence-electron chi connectivity index (χ0n) is 12.1. The van der Waals surface area contributed by atoms with Gasteiger partial charge in [-0.3, -0.25) is 4.79 Å². The first-order valence-corrected chi connectivity index (χ1v) is 6.83. The number of hydrogen-bond acceptors (Lipinski definition) is 3. The normalized spacial score (nSPS) is 23.1. The number of ketones is 1. The van der Waals surface area contributed by atoms with Gasteiger partial charge < -0.3 is 9.47 Å². The molecule has 1 aromatic carbocycles. The standard InChI is InChI=1S/C16H22O3/c1-5-18-15-13(17)10-14(15)19-12-8-6-11(7-9-12)16(2,3)4/h6-9,14-15H,5,10H2,1-4H3. The second-order valence-corrected chi connectivity index (χ2v) is 5.98. The molecule has 2 atom stereocenters. The van der Waals surface area contributed by atoms with E-state index in [0.29, 0.717) is 13.0 Å². The van der Waals surface area contributed by atoms with Crippen molar-refractivity contribution in [3.05, 3.63) is 29.8 Å². The lowest BCUT2D eigenvalue weighted by atomic mass is 9.87. The van der Waals surface area contributed by atoms with Crippen molar-refractivity contribution >= 4 is 5.78 Å². The van der Waals surface area contributed by atoms with Crippen molar-refractivity contribution < 1.29 is 14.3 Å². The molecule has 0 amide bonds. The molecule has 0 aliphatic heterocycles. The maximum atomic E-state index is 11.4. The van der Waals surface area contributed by atoms with Crippen LogP contribution in [0.15, 0.2) is 24.3 Å². The quantitative estimate of drug-likeness (QED) is 0.836. The summed E-state index contributed by atoms with van der Waals surface area (Å²) in [4.78, 5) is 11.4. The predicted molar refractivity (Wildman–Crippen MR) is 74.6 cm³/mol. The highest BCUT2D eigenvalue weighted by Gasteiger charge is 2.42. The van der Waals surface area contributed by atoms with E-state index in [4.69, 9.17) is 9.47 Å². The molecule has 3 heteroatoms. The minimum Gasteiger partial charge on any atom is -0.487 e. The van der Waals surface area contributed by atoms with Crippen molar-refractivity contribution in [3.8, 4) is 5.75 Å². The predicted octanol–water partition coefficient (Wildman–Crippen LogP) is 3.11. The van der Waals surface area contributed by atoms with Crippen molar-refractivity contribution in [2.75, 3.05) is 6.61 Å². The number of Topliss-reactive ketones (excluding diaryl/α,β-unsaturated/α-hetero) is 1. The maximum absolute atomic E-state index is 11.4. The summed E-state index contributed by atoms with van der Waals surface area (Å²) in [6.07, 6.45) is -0.0636. The molecule has 0 N–H and O–H groups in total. The summed E-state index contributed by atoms with van der Waals surface area (Å²) in [5.74, 6) is 0.938. The average Bonchev–Trinajstić information content (AvgIpc) is 2.35. The molecule has 2 rings (SSSR count). The van der Waals surface area contributed by atoms with Crippen molar-refractivity contribution in [2.45, 2.75) is 51.7 Å². The monoisotopic (exact) mass is 262 g/mol. The zero-order chi connectivity index (χ0) is 14.0. The molecule has 3 nitrogen and oxygen atoms in total. The Morgan fingerprint density at radius 2 is 1.84 bits per heavy atom. The Balaban J connectivity index is 1.99. The largest absolute Gasteiger partial charge is 0.487 e. The minimum atomic E-state index is -0.382. The lowest BCUT2D eigenvalue weighted by molar-refractivity contribution is -0.154. The number of hydrogen-bond donors (Lipinski definition) is 0. The van der Waals surface area contributed by atoms with E-state index in [1.54, 1.807) is 0 Å². The van der Waals surface area contributed by atoms with Crippen LogP contribution in [-0.2, 0) is 14.9 Å². The summed E-state index contributed by atoms with van der Waals surface area (Å²) >= 11 is 0. The van der Waals surface area contributed by atoms with Crippen LogP contribution < -0.4 is 4.74 Å². The van der Waals surface area contributed by atoms with Crippen molar-refractivity contribution in [1.82, 2.24) is 0 Å². The topological polar surface area (TPSA) is 35.5 Å². The first-order chi connectivity index (χ1) is 8.91. The first kappa shape index (κ1) is 14.1. The number of carbonyl (C=O) groups excluding carboxylic acids is 1. The number of rotatable bonds is 4. The molecular weight excluding hydrogens is 240 g/mol. The Morgan fingerprint density at radius 3 is 2.32 bits per heavy atom. The van der Waals surface area contributed by atoms with E-state index < -0.39 is 0 Å². The van der Waals surface area contributed by atoms with E-state index in [2.05, 4.69) is 32.9 Å². The molecule has 0 spiro atoms. The lowest BCUT2D eigenvalue weighted by Crippen LogP contribution is -2.52. The van der Waals surface area contributed by atoms with Crippen molar-refractivity contribution in [1.29, 1.82) is 0 Å². The van der Waals surface area contributed by atoms with Crippen LogP contribution in [0.1, 0.15) is 39.7 Å². The van der Waals surface area contributed by atoms with Crippen molar-refractivity contribution in [3.63, 3.8) is 0 Å². The van der Waals surface area contributed by atoms with Gasteiger partial charge in [0.2, 0.25) is 0 Å². The Morgan fingerprint density at radius 1 is 1.21 bits per heavy atom. The fourth-order valence-corrected chi connectivity index (χ4v) is 2.16. The highest BCUT2D eigenvalue weighted by molar-refractivity contribution is 5.90. The van der Waals surface area contributed by atoms with E-state index in [1.807, 2.05) is 19.1 Å². The molecule has 0 heterocycles. The Bertz CT molecular complexity index is 442. The molecule has 0 bridgehead atoms. The van der Waals surface area contributed by atoms with Gasteiger partial charge in [0.1, 0.15) is 11.9 Å². The van der Waals surface area contributed by atoms with Gasteiger partial charge in [-0.05, 0) is 30.0 Å². The van der Waals surface area contributed by atoms with E-state index >= 15 is 0 Å². The Kier molecular flexibility index (Phi) is 3.95. The number of benzene rings is 1. The SMILES string of the molecule is CCOC1C(=O)CC1Oc1ccc(C(C)(C)C)cc1. The molecule has 0 radical (unpaired) electrons. The summed E-state index contributed by atoms with van der Waals surface area (Å²) in [5.41, 5.74) is 1.41. The average molecular weight is 262 g/mol. The molecule has 19 heavy (non-hydrogen) atoms. The molecule has 1 fully saturated rings. The van der Waals surface area contributed by atoms with Gasteiger partial charge in [-0.25, -0.2) is 0 Å². The highest BCUT2D eigenvalue weighted by Crippen LogP contribution is 2.28. The van der Waals surface area contributed by atoms with Gasteiger partial charge in [-0.2, -0.15) is 0 Å². The maximum Gasteiger partial charge on any atom is 0.169 e. The van der Waals surface area contributed by atoms with Crippen LogP contribution in [0.25, 0.3) is 0 Å². The van der Waals surface area contributed by atoms with E-state index in [9.17, 15) is 4.79 Å². The van der Waals surface area contributed by atoms with Gasteiger partial charge >= 0.3 is 0 Å². The minimum absolute atomic E-state index is 0.132. The van der Waals surface area contributed by atoms with Gasteiger partial charge in [0, 0.05) is 13.0 Å². The van der Waals surface area contributed by atoms with E-state index in [1.165, 1.54) is 5.56 Å². The van der Waals surface area contributed by atoms with Gasteiger partial charge in [-0.1, -0.05) is 32.9 Å². The van der Waals surface area contributed by atoms with E-state index in [-0.39, 0.29) is 23.4 Å². The third-order valence-electron chi connectivity index (χ3n) is 3.41. The van der Waals surface area contributed by atoms with Crippen LogP contribution in [0.5, 0.6) is 5.75 Å². The van der Waals surface area contributed by atoms with Crippen LogP contribution in [-0.4, -0.2) is 24.6 Å². The summed E-state index contributed by atoms with van der Waals surface area (Å²) in [6.45, 7) is 8.97. The molecule has 0 aromatic heterocycles. The van der Waals surface area contributed by atoms with Gasteiger partial charge in [0.25, 0.3) is 0 Å². The molecule has 0 saturated heterocycles. The summed E-state index contributed by atoms with van der Waals surface area (Å²) in [7, 11) is 0. The van der Waals surface area contributed by atoms with Crippen LogP contribution in [0.2, 0.25) is 0 Å². The van der Waals surface area contributed by atoms with Crippen molar-refractivity contribution in [2.24, 2.45) is 0 Å². The van der Waals surface area contributed by atoms with Crippen LogP contribution >= 0.6 is 0 Å². The van der Waals surface area contributed by atoms with Crippen LogP contribution in [0.3, 0.4) is 0 Å².